The lowest BCUT2D eigenvalue weighted by atomic mass is 10.1. The topological polar surface area (TPSA) is 119 Å². The molecule has 0 atom stereocenters. The molecule has 5 N–H and O–H groups in total. The van der Waals surface area contributed by atoms with Gasteiger partial charge >= 0.3 is 5.97 Å². The molecular formula is C13H13N3O3. The number of hydrogen-bond donors (Lipinski definition) is 3. The number of aromatic nitrogens is 1. The fourth-order valence-corrected chi connectivity index (χ4v) is 1.26. The summed E-state index contributed by atoms with van der Waals surface area (Å²) in [5.74, 6) is -0.150. The first kappa shape index (κ1) is 14.2. The molecule has 0 aliphatic heterocycles. The molecule has 0 saturated heterocycles. The zero-order valence-corrected chi connectivity index (χ0v) is 9.98. The summed E-state index contributed by atoms with van der Waals surface area (Å²) in [7, 11) is 0. The van der Waals surface area contributed by atoms with Crippen molar-refractivity contribution in [1.82, 2.24) is 4.98 Å². The van der Waals surface area contributed by atoms with Crippen LogP contribution in [0.1, 0.15) is 20.7 Å². The van der Waals surface area contributed by atoms with Gasteiger partial charge in [-0.05, 0) is 18.2 Å². The Bertz CT molecular complexity index is 568. The Morgan fingerprint density at radius 2 is 1.63 bits per heavy atom. The van der Waals surface area contributed by atoms with E-state index in [1.54, 1.807) is 30.3 Å². The predicted octanol–water partition coefficient (Wildman–Crippen LogP) is 1.44. The van der Waals surface area contributed by atoms with Crippen LogP contribution in [0.15, 0.2) is 42.5 Å². The third-order valence-electron chi connectivity index (χ3n) is 2.11. The Kier molecular flexibility index (Phi) is 5.04. The lowest BCUT2D eigenvalue weighted by Gasteiger charge is -1.95. The molecule has 0 radical (unpaired) electrons. The van der Waals surface area contributed by atoms with Gasteiger partial charge in [0.2, 0.25) is 0 Å². The zero-order chi connectivity index (χ0) is 14.3. The van der Waals surface area contributed by atoms with Gasteiger partial charge in [-0.15, -0.1) is 0 Å². The fourth-order valence-electron chi connectivity index (χ4n) is 1.26. The number of carbonyl (C=O) groups excluding carboxylic acids is 1. The molecule has 0 bridgehead atoms. The van der Waals surface area contributed by atoms with Gasteiger partial charge in [0.05, 0.1) is 5.56 Å². The molecule has 98 valence electrons. The molecule has 6 heteroatoms. The van der Waals surface area contributed by atoms with Crippen LogP contribution < -0.4 is 11.5 Å². The molecule has 2 rings (SSSR count). The third kappa shape index (κ3) is 4.47. The number of carboxylic acid groups (broad SMARTS) is 1. The van der Waals surface area contributed by atoms with Gasteiger partial charge < -0.3 is 16.6 Å². The number of anilines is 2. The number of aldehydes is 1. The number of carboxylic acids is 1. The van der Waals surface area contributed by atoms with Crippen LogP contribution in [0.2, 0.25) is 0 Å². The van der Waals surface area contributed by atoms with E-state index in [0.29, 0.717) is 17.9 Å². The molecule has 1 heterocycles. The molecule has 0 amide bonds. The monoisotopic (exact) mass is 259 g/mol. The number of nitrogens with zero attached hydrogens (tertiary/aromatic N) is 1. The number of carbonyl (C=O) groups is 2. The normalized spacial score (nSPS) is 9.05. The van der Waals surface area contributed by atoms with Gasteiger partial charge in [-0.2, -0.15) is 0 Å². The van der Waals surface area contributed by atoms with Crippen LogP contribution in [-0.2, 0) is 0 Å². The Morgan fingerprint density at radius 1 is 1.05 bits per heavy atom. The summed E-state index contributed by atoms with van der Waals surface area (Å²) < 4.78 is 0. The van der Waals surface area contributed by atoms with E-state index in [-0.39, 0.29) is 11.1 Å². The van der Waals surface area contributed by atoms with E-state index in [2.05, 4.69) is 4.98 Å². The van der Waals surface area contributed by atoms with Crippen molar-refractivity contribution in [2.75, 3.05) is 11.5 Å². The lowest BCUT2D eigenvalue weighted by molar-refractivity contribution is 0.0694. The molecule has 1 aromatic heterocycles. The minimum Gasteiger partial charge on any atom is -0.478 e. The maximum absolute atomic E-state index is 10.4. The molecule has 0 fully saturated rings. The fraction of sp³-hybridized carbons (Fsp3) is 0. The van der Waals surface area contributed by atoms with Crippen molar-refractivity contribution >= 4 is 23.9 Å². The molecule has 1 aromatic carbocycles. The molecule has 6 nitrogen and oxygen atoms in total. The number of pyridine rings is 1. The van der Waals surface area contributed by atoms with Crippen LogP contribution in [0.5, 0.6) is 0 Å². The first-order valence-corrected chi connectivity index (χ1v) is 5.30. The van der Waals surface area contributed by atoms with Gasteiger partial charge in [0, 0.05) is 5.56 Å². The lowest BCUT2D eigenvalue weighted by Crippen LogP contribution is -2.00. The van der Waals surface area contributed by atoms with E-state index in [1.165, 1.54) is 12.1 Å². The Morgan fingerprint density at radius 3 is 2.00 bits per heavy atom. The van der Waals surface area contributed by atoms with Crippen LogP contribution in [0.4, 0.5) is 11.6 Å². The van der Waals surface area contributed by atoms with Crippen molar-refractivity contribution in [1.29, 1.82) is 0 Å². The highest BCUT2D eigenvalue weighted by atomic mass is 16.4. The summed E-state index contributed by atoms with van der Waals surface area (Å²) >= 11 is 0. The molecule has 0 aliphatic carbocycles. The second kappa shape index (κ2) is 6.75. The minimum atomic E-state index is -1.08. The molecule has 0 aliphatic rings. The molecule has 0 saturated carbocycles. The van der Waals surface area contributed by atoms with Crippen LogP contribution in [0, 0.1) is 0 Å². The summed E-state index contributed by atoms with van der Waals surface area (Å²) in [6.45, 7) is 0. The van der Waals surface area contributed by atoms with E-state index in [1.807, 2.05) is 0 Å². The smallest absolute Gasteiger partial charge is 0.336 e. The summed E-state index contributed by atoms with van der Waals surface area (Å²) in [5.41, 5.74) is 10.8. The molecular weight excluding hydrogens is 246 g/mol. The van der Waals surface area contributed by atoms with Crippen molar-refractivity contribution in [3.8, 4) is 0 Å². The highest BCUT2D eigenvalue weighted by molar-refractivity contribution is 5.96. The van der Waals surface area contributed by atoms with Crippen molar-refractivity contribution in [2.24, 2.45) is 0 Å². The molecule has 19 heavy (non-hydrogen) atoms. The number of aromatic carboxylic acids is 1. The van der Waals surface area contributed by atoms with Crippen LogP contribution in [0.3, 0.4) is 0 Å². The second-order valence-electron chi connectivity index (χ2n) is 3.50. The zero-order valence-electron chi connectivity index (χ0n) is 9.98. The number of nitrogens with two attached hydrogens (primary N) is 2. The third-order valence-corrected chi connectivity index (χ3v) is 2.11. The number of rotatable bonds is 2. The largest absolute Gasteiger partial charge is 0.478 e. The molecule has 2 aromatic rings. The molecule has 0 unspecified atom stereocenters. The van der Waals surface area contributed by atoms with Gasteiger partial charge in [0.25, 0.3) is 0 Å². The van der Waals surface area contributed by atoms with Crippen LogP contribution >= 0.6 is 0 Å². The summed E-state index contributed by atoms with van der Waals surface area (Å²) in [6, 6.07) is 11.2. The Labute approximate surface area is 109 Å². The van der Waals surface area contributed by atoms with Gasteiger partial charge in [0.1, 0.15) is 11.6 Å². The average molecular weight is 259 g/mol. The van der Waals surface area contributed by atoms with Crippen LogP contribution in [-0.4, -0.2) is 22.3 Å². The van der Waals surface area contributed by atoms with Gasteiger partial charge in [0.15, 0.2) is 6.29 Å². The predicted molar refractivity (Wildman–Crippen MR) is 71.9 cm³/mol. The quantitative estimate of drug-likeness (QED) is 0.702. The van der Waals surface area contributed by atoms with E-state index >= 15 is 0 Å². The number of benzene rings is 1. The van der Waals surface area contributed by atoms with E-state index in [4.69, 9.17) is 16.6 Å². The average Bonchev–Trinajstić information content (AvgIpc) is 2.39. The second-order valence-corrected chi connectivity index (χ2v) is 3.50. The van der Waals surface area contributed by atoms with Crippen molar-refractivity contribution in [3.63, 3.8) is 0 Å². The standard InChI is InChI=1S/C8H6O3.C5H7N3/c9-5-6-3-1-2-4-7(6)8(10)11;6-4-2-1-3-5(7)8-4/h1-5H,(H,10,11);1-3H,(H4,6,7,8). The number of nitrogen functional groups attached to an aromatic ring is 2. The first-order chi connectivity index (χ1) is 9.04. The van der Waals surface area contributed by atoms with Gasteiger partial charge in [-0.25, -0.2) is 9.78 Å². The Hall–Kier alpha value is -2.89. The Balaban J connectivity index is 0.000000200. The summed E-state index contributed by atoms with van der Waals surface area (Å²) in [5, 5.41) is 8.54. The highest BCUT2D eigenvalue weighted by Gasteiger charge is 2.06. The first-order valence-electron chi connectivity index (χ1n) is 5.30. The van der Waals surface area contributed by atoms with Gasteiger partial charge in [-0.1, -0.05) is 24.3 Å². The van der Waals surface area contributed by atoms with E-state index < -0.39 is 5.97 Å². The summed E-state index contributed by atoms with van der Waals surface area (Å²) in [4.78, 5) is 24.4. The maximum Gasteiger partial charge on any atom is 0.336 e. The van der Waals surface area contributed by atoms with Crippen molar-refractivity contribution < 1.29 is 14.7 Å². The number of hydrogen-bond acceptors (Lipinski definition) is 5. The minimum absolute atomic E-state index is 0.0440. The van der Waals surface area contributed by atoms with E-state index in [9.17, 15) is 9.59 Å². The SMILES string of the molecule is Nc1cccc(N)n1.O=Cc1ccccc1C(=O)O. The maximum atomic E-state index is 10.4. The highest BCUT2D eigenvalue weighted by Crippen LogP contribution is 2.04. The van der Waals surface area contributed by atoms with Crippen LogP contribution in [0.25, 0.3) is 0 Å². The van der Waals surface area contributed by atoms with Crippen molar-refractivity contribution in [2.45, 2.75) is 0 Å². The summed E-state index contributed by atoms with van der Waals surface area (Å²) in [6.07, 6.45) is 0.531. The molecule has 0 spiro atoms. The van der Waals surface area contributed by atoms with E-state index in [0.717, 1.165) is 0 Å². The van der Waals surface area contributed by atoms with Gasteiger partial charge in [-0.3, -0.25) is 4.79 Å². The van der Waals surface area contributed by atoms with Crippen molar-refractivity contribution in [3.05, 3.63) is 53.6 Å².